The zero-order valence-corrected chi connectivity index (χ0v) is 18.6. The molecule has 0 saturated carbocycles. The number of H-pyrrole nitrogens is 1. The summed E-state index contributed by atoms with van der Waals surface area (Å²) in [6.07, 6.45) is 0.256. The lowest BCUT2D eigenvalue weighted by atomic mass is 10.1. The molecular weight excluding hydrogens is 420 g/mol. The summed E-state index contributed by atoms with van der Waals surface area (Å²) >= 11 is 0. The van der Waals surface area contributed by atoms with E-state index in [-0.39, 0.29) is 23.8 Å². The van der Waals surface area contributed by atoms with Gasteiger partial charge < -0.3 is 9.84 Å². The first-order valence-corrected chi connectivity index (χ1v) is 10.8. The van der Waals surface area contributed by atoms with Gasteiger partial charge in [-0.1, -0.05) is 60.6 Å². The van der Waals surface area contributed by atoms with Crippen LogP contribution in [0, 0.1) is 0 Å². The third kappa shape index (κ3) is 5.50. The smallest absolute Gasteiger partial charge is 0.272 e. The maximum atomic E-state index is 12.4. The van der Waals surface area contributed by atoms with Crippen molar-refractivity contribution in [3.63, 3.8) is 0 Å². The summed E-state index contributed by atoms with van der Waals surface area (Å²) in [5.41, 5.74) is 1.46. The fourth-order valence-electron chi connectivity index (χ4n) is 3.59. The van der Waals surface area contributed by atoms with Crippen LogP contribution in [0.1, 0.15) is 30.8 Å². The van der Waals surface area contributed by atoms with E-state index in [9.17, 15) is 9.59 Å². The third-order valence-corrected chi connectivity index (χ3v) is 5.40. The molecule has 4 rings (SSSR count). The Hall–Kier alpha value is -3.85. The topological polar surface area (TPSA) is 117 Å². The van der Waals surface area contributed by atoms with Crippen molar-refractivity contribution in [2.24, 2.45) is 0 Å². The summed E-state index contributed by atoms with van der Waals surface area (Å²) in [6, 6.07) is 17.0. The van der Waals surface area contributed by atoms with Gasteiger partial charge in [-0.3, -0.25) is 14.5 Å². The molecule has 1 atom stereocenters. The van der Waals surface area contributed by atoms with E-state index in [0.717, 1.165) is 16.6 Å². The predicted molar refractivity (Wildman–Crippen MR) is 124 cm³/mol. The van der Waals surface area contributed by atoms with Gasteiger partial charge in [-0.15, -0.1) is 0 Å². The number of carbonyl (C=O) groups excluding carboxylic acids is 1. The van der Waals surface area contributed by atoms with Crippen LogP contribution in [0.25, 0.3) is 22.2 Å². The number of aromatic amines is 1. The van der Waals surface area contributed by atoms with Gasteiger partial charge in [0.2, 0.25) is 17.6 Å². The molecule has 33 heavy (non-hydrogen) atoms. The minimum atomic E-state index is -0.199. The van der Waals surface area contributed by atoms with Gasteiger partial charge in [0.05, 0.1) is 11.1 Å². The quantitative estimate of drug-likeness (QED) is 0.406. The molecule has 2 heterocycles. The minimum Gasteiger partial charge on any atom is -0.355 e. The molecule has 9 nitrogen and oxygen atoms in total. The fourth-order valence-corrected chi connectivity index (χ4v) is 3.59. The second kappa shape index (κ2) is 10.2. The molecule has 2 N–H and O–H groups in total. The molecule has 0 aliphatic carbocycles. The minimum absolute atomic E-state index is 0.0806. The van der Waals surface area contributed by atoms with E-state index in [1.54, 1.807) is 6.07 Å². The molecule has 1 unspecified atom stereocenters. The lowest BCUT2D eigenvalue weighted by Crippen LogP contribution is -2.33. The number of aromatic nitrogens is 4. The lowest BCUT2D eigenvalue weighted by molar-refractivity contribution is -0.121. The average Bonchev–Trinajstić information content (AvgIpc) is 3.32. The molecule has 0 saturated heterocycles. The molecular formula is C24H26N6O3. The summed E-state index contributed by atoms with van der Waals surface area (Å²) < 4.78 is 5.35. The highest BCUT2D eigenvalue weighted by molar-refractivity contribution is 5.83. The van der Waals surface area contributed by atoms with Gasteiger partial charge in [-0.2, -0.15) is 10.1 Å². The fraction of sp³-hybridized carbons (Fsp3) is 0.292. The highest BCUT2D eigenvalue weighted by atomic mass is 16.5. The Bertz CT molecular complexity index is 1280. The zero-order valence-electron chi connectivity index (χ0n) is 18.6. The molecule has 0 spiro atoms. The highest BCUT2D eigenvalue weighted by Crippen LogP contribution is 2.21. The summed E-state index contributed by atoms with van der Waals surface area (Å²) in [5, 5.41) is 15.2. The van der Waals surface area contributed by atoms with Crippen LogP contribution in [0.2, 0.25) is 0 Å². The van der Waals surface area contributed by atoms with Crippen molar-refractivity contribution in [3.8, 4) is 11.4 Å². The number of hydrogen-bond donors (Lipinski definition) is 2. The standard InChI is InChI=1S/C24H26N6O3/c1-16(24-26-22(29-33-24)17-8-4-3-5-9-17)14-21(31)25-12-13-30(2)15-20-18-10-6-7-11-19(18)23(32)28-27-20/h3-11,16H,12-15H2,1-2H3,(H,25,31)(H,28,32). The molecule has 0 bridgehead atoms. The van der Waals surface area contributed by atoms with Crippen molar-refractivity contribution in [2.75, 3.05) is 20.1 Å². The van der Waals surface area contributed by atoms with Gasteiger partial charge in [-0.05, 0) is 13.1 Å². The second-order valence-corrected chi connectivity index (χ2v) is 8.06. The van der Waals surface area contributed by atoms with E-state index < -0.39 is 0 Å². The first-order chi connectivity index (χ1) is 16.0. The van der Waals surface area contributed by atoms with Gasteiger partial charge in [-0.25, -0.2) is 5.10 Å². The van der Waals surface area contributed by atoms with Crippen LogP contribution < -0.4 is 10.9 Å². The molecule has 0 radical (unpaired) electrons. The van der Waals surface area contributed by atoms with Gasteiger partial charge >= 0.3 is 0 Å². The SMILES string of the molecule is CC(CC(=O)NCCN(C)Cc1n[nH]c(=O)c2ccccc12)c1nc(-c2ccccc2)no1. The van der Waals surface area contributed by atoms with Crippen LogP contribution in [0.5, 0.6) is 0 Å². The molecule has 4 aromatic rings. The maximum absolute atomic E-state index is 12.4. The van der Waals surface area contributed by atoms with E-state index in [1.165, 1.54) is 0 Å². The van der Waals surface area contributed by atoms with E-state index >= 15 is 0 Å². The van der Waals surface area contributed by atoms with Crippen molar-refractivity contribution in [1.82, 2.24) is 30.6 Å². The Kier molecular flexibility index (Phi) is 6.89. The van der Waals surface area contributed by atoms with Crippen LogP contribution in [-0.2, 0) is 11.3 Å². The van der Waals surface area contributed by atoms with Crippen LogP contribution in [0.4, 0.5) is 0 Å². The Morgan fingerprint density at radius 2 is 1.85 bits per heavy atom. The number of nitrogens with one attached hydrogen (secondary N) is 2. The average molecular weight is 447 g/mol. The Morgan fingerprint density at radius 3 is 2.64 bits per heavy atom. The van der Waals surface area contributed by atoms with Gasteiger partial charge in [0, 0.05) is 42.9 Å². The van der Waals surface area contributed by atoms with Crippen molar-refractivity contribution >= 4 is 16.7 Å². The monoisotopic (exact) mass is 446 g/mol. The second-order valence-electron chi connectivity index (χ2n) is 8.06. The Morgan fingerprint density at radius 1 is 1.12 bits per heavy atom. The van der Waals surface area contributed by atoms with Gasteiger partial charge in [0.15, 0.2) is 0 Å². The lowest BCUT2D eigenvalue weighted by Gasteiger charge is -2.17. The first-order valence-electron chi connectivity index (χ1n) is 10.8. The number of nitrogens with zero attached hydrogens (tertiary/aromatic N) is 4. The number of likely N-dealkylation sites (N-methyl/N-ethyl adjacent to an activating group) is 1. The number of carbonyl (C=O) groups is 1. The highest BCUT2D eigenvalue weighted by Gasteiger charge is 2.18. The van der Waals surface area contributed by atoms with Gasteiger partial charge in [0.1, 0.15) is 0 Å². The molecule has 170 valence electrons. The summed E-state index contributed by atoms with van der Waals surface area (Å²) in [7, 11) is 1.94. The molecule has 0 aliphatic heterocycles. The summed E-state index contributed by atoms with van der Waals surface area (Å²) in [6.45, 7) is 3.56. The Labute approximate surface area is 190 Å². The van der Waals surface area contributed by atoms with Gasteiger partial charge in [0.25, 0.3) is 5.56 Å². The number of fused-ring (bicyclic) bond motifs is 1. The summed E-state index contributed by atoms with van der Waals surface area (Å²) in [5.74, 6) is 0.687. The maximum Gasteiger partial charge on any atom is 0.272 e. The van der Waals surface area contributed by atoms with E-state index in [0.29, 0.717) is 36.7 Å². The van der Waals surface area contributed by atoms with Crippen molar-refractivity contribution in [3.05, 3.63) is 76.5 Å². The number of benzene rings is 2. The molecule has 0 fully saturated rings. The first kappa shape index (κ1) is 22.3. The number of hydrogen-bond acceptors (Lipinski definition) is 7. The normalized spacial score (nSPS) is 12.2. The molecule has 2 aromatic carbocycles. The zero-order chi connectivity index (χ0) is 23.2. The molecule has 1 amide bonds. The molecule has 9 heteroatoms. The van der Waals surface area contributed by atoms with Crippen LogP contribution >= 0.6 is 0 Å². The van der Waals surface area contributed by atoms with Crippen molar-refractivity contribution < 1.29 is 9.32 Å². The molecule has 0 aliphatic rings. The van der Waals surface area contributed by atoms with E-state index in [2.05, 4.69) is 25.7 Å². The molecule has 2 aromatic heterocycles. The number of amides is 1. The van der Waals surface area contributed by atoms with E-state index in [1.807, 2.05) is 67.4 Å². The predicted octanol–water partition coefficient (Wildman–Crippen LogP) is 2.71. The van der Waals surface area contributed by atoms with Crippen molar-refractivity contribution in [1.29, 1.82) is 0 Å². The third-order valence-electron chi connectivity index (χ3n) is 5.40. The largest absolute Gasteiger partial charge is 0.355 e. The number of rotatable bonds is 9. The van der Waals surface area contributed by atoms with Crippen LogP contribution in [0.3, 0.4) is 0 Å². The van der Waals surface area contributed by atoms with E-state index in [4.69, 9.17) is 4.52 Å². The van der Waals surface area contributed by atoms with Crippen LogP contribution in [0.15, 0.2) is 63.9 Å². The Balaban J connectivity index is 1.25. The summed E-state index contributed by atoms with van der Waals surface area (Å²) in [4.78, 5) is 30.8. The van der Waals surface area contributed by atoms with Crippen molar-refractivity contribution in [2.45, 2.75) is 25.8 Å². The van der Waals surface area contributed by atoms with Crippen LogP contribution in [-0.4, -0.2) is 51.3 Å².